The SMILES string of the molecule is CN(C)C1(C(=O)Cc2cccc(Cl)c2F)CCCC1. The van der Waals surface area contributed by atoms with E-state index in [1.165, 1.54) is 6.07 Å². The van der Waals surface area contributed by atoms with Crippen molar-refractivity contribution in [3.8, 4) is 0 Å². The van der Waals surface area contributed by atoms with E-state index < -0.39 is 11.4 Å². The Hall–Kier alpha value is -0.930. The van der Waals surface area contributed by atoms with Crippen LogP contribution in [0, 0.1) is 5.82 Å². The second-order valence-corrected chi connectivity index (χ2v) is 5.85. The van der Waals surface area contributed by atoms with Crippen LogP contribution in [0.3, 0.4) is 0 Å². The largest absolute Gasteiger partial charge is 0.297 e. The Labute approximate surface area is 118 Å². The van der Waals surface area contributed by atoms with Gasteiger partial charge >= 0.3 is 0 Å². The number of hydrogen-bond donors (Lipinski definition) is 0. The minimum absolute atomic E-state index is 0.0793. The second-order valence-electron chi connectivity index (χ2n) is 5.45. The van der Waals surface area contributed by atoms with Crippen LogP contribution in [-0.4, -0.2) is 30.3 Å². The predicted octanol–water partition coefficient (Wildman–Crippen LogP) is 3.47. The van der Waals surface area contributed by atoms with Gasteiger partial charge in [0.2, 0.25) is 0 Å². The molecule has 0 aromatic heterocycles. The molecule has 0 atom stereocenters. The molecule has 1 aliphatic carbocycles. The van der Waals surface area contributed by atoms with Crippen molar-refractivity contribution in [2.24, 2.45) is 0 Å². The van der Waals surface area contributed by atoms with Crippen LogP contribution in [0.2, 0.25) is 5.02 Å². The van der Waals surface area contributed by atoms with Gasteiger partial charge in [0.25, 0.3) is 0 Å². The molecular formula is C15H19ClFNO. The van der Waals surface area contributed by atoms with E-state index in [4.69, 9.17) is 11.6 Å². The smallest absolute Gasteiger partial charge is 0.157 e. The van der Waals surface area contributed by atoms with Crippen LogP contribution in [0.1, 0.15) is 31.2 Å². The summed E-state index contributed by atoms with van der Waals surface area (Å²) in [6, 6.07) is 4.82. The number of carbonyl (C=O) groups is 1. The maximum absolute atomic E-state index is 13.9. The van der Waals surface area contributed by atoms with E-state index in [1.807, 2.05) is 19.0 Å². The monoisotopic (exact) mass is 283 g/mol. The minimum atomic E-state index is -0.468. The highest BCUT2D eigenvalue weighted by atomic mass is 35.5. The fourth-order valence-corrected chi connectivity index (χ4v) is 3.15. The van der Waals surface area contributed by atoms with Crippen molar-refractivity contribution in [3.63, 3.8) is 0 Å². The first kappa shape index (κ1) is 14.5. The van der Waals surface area contributed by atoms with Gasteiger partial charge in [-0.05, 0) is 38.6 Å². The average Bonchev–Trinajstić information content (AvgIpc) is 2.85. The first-order valence-electron chi connectivity index (χ1n) is 6.61. The topological polar surface area (TPSA) is 20.3 Å². The van der Waals surface area contributed by atoms with Crippen LogP contribution in [0.5, 0.6) is 0 Å². The van der Waals surface area contributed by atoms with Crippen molar-refractivity contribution in [3.05, 3.63) is 34.6 Å². The molecule has 1 aliphatic rings. The maximum Gasteiger partial charge on any atom is 0.157 e. The lowest BCUT2D eigenvalue weighted by atomic mass is 9.87. The number of Topliss-reactive ketones (excluding diaryl/α,β-unsaturated/α-hetero) is 1. The van der Waals surface area contributed by atoms with Gasteiger partial charge in [0, 0.05) is 6.42 Å². The van der Waals surface area contributed by atoms with E-state index in [2.05, 4.69) is 0 Å². The summed E-state index contributed by atoms with van der Waals surface area (Å²) in [6.45, 7) is 0. The lowest BCUT2D eigenvalue weighted by Crippen LogP contribution is -2.49. The Kier molecular flexibility index (Phi) is 4.26. The fraction of sp³-hybridized carbons (Fsp3) is 0.533. The predicted molar refractivity (Wildman–Crippen MR) is 75.0 cm³/mol. The molecule has 1 aromatic rings. The highest BCUT2D eigenvalue weighted by molar-refractivity contribution is 6.30. The summed E-state index contributed by atoms with van der Waals surface area (Å²) in [6.07, 6.45) is 3.95. The van der Waals surface area contributed by atoms with Crippen LogP contribution in [0.4, 0.5) is 4.39 Å². The standard InChI is InChI=1S/C15H19ClFNO/c1-18(2)15(8-3-4-9-15)13(19)10-11-6-5-7-12(16)14(11)17/h5-7H,3-4,8-10H2,1-2H3. The number of benzene rings is 1. The number of carbonyl (C=O) groups excluding carboxylic acids is 1. The molecule has 0 amide bonds. The maximum atomic E-state index is 13.9. The third-order valence-electron chi connectivity index (χ3n) is 4.19. The van der Waals surface area contributed by atoms with Crippen LogP contribution in [0.15, 0.2) is 18.2 Å². The van der Waals surface area contributed by atoms with E-state index in [1.54, 1.807) is 12.1 Å². The Morgan fingerprint density at radius 2 is 2.00 bits per heavy atom. The summed E-state index contributed by atoms with van der Waals surface area (Å²) in [7, 11) is 3.86. The molecule has 2 rings (SSSR count). The molecule has 0 bridgehead atoms. The third-order valence-corrected chi connectivity index (χ3v) is 4.48. The lowest BCUT2D eigenvalue weighted by Gasteiger charge is -2.34. The molecule has 1 fully saturated rings. The molecular weight excluding hydrogens is 265 g/mol. The van der Waals surface area contributed by atoms with Crippen molar-refractivity contribution >= 4 is 17.4 Å². The van der Waals surface area contributed by atoms with Gasteiger partial charge < -0.3 is 0 Å². The fourth-order valence-electron chi connectivity index (χ4n) is 2.96. The molecule has 0 spiro atoms. The van der Waals surface area contributed by atoms with E-state index >= 15 is 0 Å². The number of halogens is 2. The van der Waals surface area contributed by atoms with Gasteiger partial charge in [-0.1, -0.05) is 36.6 Å². The van der Waals surface area contributed by atoms with Crippen molar-refractivity contribution < 1.29 is 9.18 Å². The lowest BCUT2D eigenvalue weighted by molar-refractivity contribution is -0.128. The third kappa shape index (κ3) is 2.67. The zero-order valence-electron chi connectivity index (χ0n) is 11.4. The number of ketones is 1. The van der Waals surface area contributed by atoms with E-state index in [-0.39, 0.29) is 17.2 Å². The molecule has 1 aromatic carbocycles. The van der Waals surface area contributed by atoms with Crippen molar-refractivity contribution in [2.45, 2.75) is 37.6 Å². The Bertz CT molecular complexity index is 481. The van der Waals surface area contributed by atoms with E-state index in [0.29, 0.717) is 5.56 Å². The van der Waals surface area contributed by atoms with E-state index in [9.17, 15) is 9.18 Å². The first-order chi connectivity index (χ1) is 8.97. The summed E-state index contributed by atoms with van der Waals surface area (Å²) in [5.74, 6) is -0.374. The molecule has 0 radical (unpaired) electrons. The Morgan fingerprint density at radius 3 is 2.58 bits per heavy atom. The minimum Gasteiger partial charge on any atom is -0.297 e. The number of hydrogen-bond acceptors (Lipinski definition) is 2. The van der Waals surface area contributed by atoms with Gasteiger partial charge in [-0.3, -0.25) is 9.69 Å². The number of nitrogens with zero attached hydrogens (tertiary/aromatic N) is 1. The van der Waals surface area contributed by atoms with Gasteiger partial charge in [0.05, 0.1) is 10.6 Å². The summed E-state index contributed by atoms with van der Waals surface area (Å²) in [5.41, 5.74) is -0.0278. The van der Waals surface area contributed by atoms with Crippen molar-refractivity contribution in [1.29, 1.82) is 0 Å². The highest BCUT2D eigenvalue weighted by Gasteiger charge is 2.42. The van der Waals surface area contributed by atoms with Crippen LogP contribution in [-0.2, 0) is 11.2 Å². The molecule has 1 saturated carbocycles. The van der Waals surface area contributed by atoms with E-state index in [0.717, 1.165) is 25.7 Å². The van der Waals surface area contributed by atoms with Crippen molar-refractivity contribution in [2.75, 3.05) is 14.1 Å². The zero-order valence-corrected chi connectivity index (χ0v) is 12.1. The molecule has 4 heteroatoms. The molecule has 2 nitrogen and oxygen atoms in total. The molecule has 0 aliphatic heterocycles. The van der Waals surface area contributed by atoms with Gasteiger partial charge in [0.1, 0.15) is 5.82 Å². The van der Waals surface area contributed by atoms with Crippen LogP contribution < -0.4 is 0 Å². The number of rotatable bonds is 4. The highest BCUT2D eigenvalue weighted by Crippen LogP contribution is 2.35. The molecule has 0 N–H and O–H groups in total. The number of likely N-dealkylation sites (N-methyl/N-ethyl adjacent to an activating group) is 1. The van der Waals surface area contributed by atoms with Crippen molar-refractivity contribution in [1.82, 2.24) is 4.90 Å². The molecule has 19 heavy (non-hydrogen) atoms. The first-order valence-corrected chi connectivity index (χ1v) is 6.99. The second kappa shape index (κ2) is 5.59. The Morgan fingerprint density at radius 1 is 1.37 bits per heavy atom. The quantitative estimate of drug-likeness (QED) is 0.843. The van der Waals surface area contributed by atoms with Gasteiger partial charge in [0.15, 0.2) is 5.78 Å². The van der Waals surface area contributed by atoms with Crippen LogP contribution >= 0.6 is 11.6 Å². The van der Waals surface area contributed by atoms with Gasteiger partial charge in [-0.15, -0.1) is 0 Å². The normalized spacial score (nSPS) is 17.9. The zero-order chi connectivity index (χ0) is 14.0. The van der Waals surface area contributed by atoms with Gasteiger partial charge in [-0.25, -0.2) is 4.39 Å². The molecule has 0 unspecified atom stereocenters. The summed E-state index contributed by atoms with van der Waals surface area (Å²) < 4.78 is 13.9. The molecule has 0 saturated heterocycles. The van der Waals surface area contributed by atoms with Gasteiger partial charge in [-0.2, -0.15) is 0 Å². The van der Waals surface area contributed by atoms with Crippen LogP contribution in [0.25, 0.3) is 0 Å². The molecule has 104 valence electrons. The average molecular weight is 284 g/mol. The summed E-state index contributed by atoms with van der Waals surface area (Å²) >= 11 is 5.76. The summed E-state index contributed by atoms with van der Waals surface area (Å²) in [5, 5.41) is 0.0793. The molecule has 0 heterocycles. The Balaban J connectivity index is 2.23. The summed E-state index contributed by atoms with van der Waals surface area (Å²) in [4.78, 5) is 14.6.